The molecule has 0 atom stereocenters. The molecule has 2 aromatic rings. The van der Waals surface area contributed by atoms with Crippen molar-refractivity contribution in [2.45, 2.75) is 0 Å². The van der Waals surface area contributed by atoms with Crippen molar-refractivity contribution in [2.75, 3.05) is 18.2 Å². The SMILES string of the molecule is COc1cccc(Nc2ncc(N)cc2Br)c1. The molecule has 0 unspecified atom stereocenters. The summed E-state index contributed by atoms with van der Waals surface area (Å²) in [5, 5.41) is 3.18. The zero-order valence-electron chi connectivity index (χ0n) is 9.27. The average Bonchev–Trinajstić information content (AvgIpc) is 2.33. The van der Waals surface area contributed by atoms with Gasteiger partial charge in [0.25, 0.3) is 0 Å². The predicted octanol–water partition coefficient (Wildman–Crippen LogP) is 3.18. The Labute approximate surface area is 108 Å². The number of aromatic nitrogens is 1. The largest absolute Gasteiger partial charge is 0.497 e. The van der Waals surface area contributed by atoms with Crippen molar-refractivity contribution >= 4 is 33.1 Å². The van der Waals surface area contributed by atoms with Gasteiger partial charge < -0.3 is 15.8 Å². The van der Waals surface area contributed by atoms with Gasteiger partial charge in [-0.15, -0.1) is 0 Å². The van der Waals surface area contributed by atoms with Crippen LogP contribution in [0.5, 0.6) is 5.75 Å². The van der Waals surface area contributed by atoms with Gasteiger partial charge in [0.15, 0.2) is 0 Å². The third-order valence-corrected chi connectivity index (χ3v) is 2.80. The first kappa shape index (κ1) is 11.7. The molecule has 0 saturated carbocycles. The van der Waals surface area contributed by atoms with E-state index in [0.29, 0.717) is 11.5 Å². The van der Waals surface area contributed by atoms with E-state index < -0.39 is 0 Å². The van der Waals surface area contributed by atoms with Crippen LogP contribution in [0.1, 0.15) is 0 Å². The topological polar surface area (TPSA) is 60.2 Å². The molecule has 3 N–H and O–H groups in total. The zero-order valence-corrected chi connectivity index (χ0v) is 10.9. The van der Waals surface area contributed by atoms with E-state index in [0.717, 1.165) is 15.9 Å². The second-order valence-electron chi connectivity index (χ2n) is 3.46. The molecule has 0 fully saturated rings. The maximum atomic E-state index is 5.63. The molecule has 1 aromatic carbocycles. The highest BCUT2D eigenvalue weighted by Gasteiger charge is 2.03. The first-order chi connectivity index (χ1) is 8.19. The third kappa shape index (κ3) is 2.88. The molecule has 0 saturated heterocycles. The Bertz CT molecular complexity index is 531. The summed E-state index contributed by atoms with van der Waals surface area (Å²) in [6, 6.07) is 9.43. The van der Waals surface area contributed by atoms with Crippen LogP contribution in [-0.2, 0) is 0 Å². The summed E-state index contributed by atoms with van der Waals surface area (Å²) in [5.41, 5.74) is 7.15. The highest BCUT2D eigenvalue weighted by Crippen LogP contribution is 2.26. The van der Waals surface area contributed by atoms with E-state index in [2.05, 4.69) is 26.2 Å². The lowest BCUT2D eigenvalue weighted by atomic mass is 10.3. The molecule has 88 valence electrons. The fraction of sp³-hybridized carbons (Fsp3) is 0.0833. The minimum atomic E-state index is 0.619. The van der Waals surface area contributed by atoms with Crippen molar-refractivity contribution in [3.63, 3.8) is 0 Å². The lowest BCUT2D eigenvalue weighted by Gasteiger charge is -2.09. The number of anilines is 3. The van der Waals surface area contributed by atoms with Crippen LogP contribution < -0.4 is 15.8 Å². The van der Waals surface area contributed by atoms with E-state index in [-0.39, 0.29) is 0 Å². The smallest absolute Gasteiger partial charge is 0.144 e. The molecular formula is C12H12BrN3O. The van der Waals surface area contributed by atoms with Gasteiger partial charge in [0, 0.05) is 11.8 Å². The summed E-state index contributed by atoms with van der Waals surface area (Å²) in [6.45, 7) is 0. The molecule has 0 radical (unpaired) electrons. The number of benzene rings is 1. The first-order valence-corrected chi connectivity index (χ1v) is 5.80. The summed E-state index contributed by atoms with van der Waals surface area (Å²) in [5.74, 6) is 1.51. The summed E-state index contributed by atoms with van der Waals surface area (Å²) in [7, 11) is 1.64. The summed E-state index contributed by atoms with van der Waals surface area (Å²) >= 11 is 3.40. The Kier molecular flexibility index (Phi) is 3.49. The van der Waals surface area contributed by atoms with Crippen LogP contribution in [0.25, 0.3) is 0 Å². The molecule has 4 nitrogen and oxygen atoms in total. The molecule has 17 heavy (non-hydrogen) atoms. The van der Waals surface area contributed by atoms with Crippen LogP contribution in [-0.4, -0.2) is 12.1 Å². The Balaban J connectivity index is 2.25. The van der Waals surface area contributed by atoms with Gasteiger partial charge in [-0.2, -0.15) is 0 Å². The van der Waals surface area contributed by atoms with Crippen molar-refractivity contribution in [2.24, 2.45) is 0 Å². The van der Waals surface area contributed by atoms with E-state index in [1.807, 2.05) is 24.3 Å². The number of nitrogens with one attached hydrogen (secondary N) is 1. The molecule has 1 aromatic heterocycles. The minimum Gasteiger partial charge on any atom is -0.497 e. The maximum absolute atomic E-state index is 5.63. The number of nitrogens with two attached hydrogens (primary N) is 1. The quantitative estimate of drug-likeness (QED) is 0.912. The Hall–Kier alpha value is -1.75. The van der Waals surface area contributed by atoms with Gasteiger partial charge >= 0.3 is 0 Å². The van der Waals surface area contributed by atoms with E-state index >= 15 is 0 Å². The van der Waals surface area contributed by atoms with Crippen LogP contribution >= 0.6 is 15.9 Å². The fourth-order valence-corrected chi connectivity index (χ4v) is 1.85. The van der Waals surface area contributed by atoms with Gasteiger partial charge in [0.05, 0.1) is 23.5 Å². The number of pyridine rings is 1. The van der Waals surface area contributed by atoms with Crippen molar-refractivity contribution in [3.8, 4) is 5.75 Å². The van der Waals surface area contributed by atoms with Crippen molar-refractivity contribution in [1.29, 1.82) is 0 Å². The van der Waals surface area contributed by atoms with Crippen molar-refractivity contribution in [3.05, 3.63) is 41.0 Å². The molecule has 0 aliphatic heterocycles. The molecule has 5 heteroatoms. The number of ether oxygens (including phenoxy) is 1. The second kappa shape index (κ2) is 5.05. The van der Waals surface area contributed by atoms with Crippen LogP contribution in [0, 0.1) is 0 Å². The molecule has 0 aliphatic carbocycles. The van der Waals surface area contributed by atoms with E-state index in [4.69, 9.17) is 10.5 Å². The van der Waals surface area contributed by atoms with Gasteiger partial charge in [-0.3, -0.25) is 0 Å². The van der Waals surface area contributed by atoms with Crippen molar-refractivity contribution in [1.82, 2.24) is 4.98 Å². The highest BCUT2D eigenvalue weighted by atomic mass is 79.9. The van der Waals surface area contributed by atoms with Crippen LogP contribution in [0.4, 0.5) is 17.2 Å². The fourth-order valence-electron chi connectivity index (χ4n) is 1.38. The number of halogens is 1. The van der Waals surface area contributed by atoms with Crippen molar-refractivity contribution < 1.29 is 4.74 Å². The zero-order chi connectivity index (χ0) is 12.3. The predicted molar refractivity (Wildman–Crippen MR) is 72.6 cm³/mol. The van der Waals surface area contributed by atoms with E-state index in [1.54, 1.807) is 19.4 Å². The summed E-state index contributed by atoms with van der Waals surface area (Å²) < 4.78 is 5.97. The monoisotopic (exact) mass is 293 g/mol. The Morgan fingerprint density at radius 1 is 1.35 bits per heavy atom. The third-order valence-electron chi connectivity index (χ3n) is 2.19. The average molecular weight is 294 g/mol. The molecule has 0 amide bonds. The van der Waals surface area contributed by atoms with Gasteiger partial charge in [-0.05, 0) is 34.1 Å². The van der Waals surface area contributed by atoms with Crippen LogP contribution in [0.2, 0.25) is 0 Å². The molecular weight excluding hydrogens is 282 g/mol. The number of nitrogens with zero attached hydrogens (tertiary/aromatic N) is 1. The van der Waals surface area contributed by atoms with Crippen LogP contribution in [0.15, 0.2) is 41.0 Å². The molecule has 1 heterocycles. The molecule has 0 bridgehead atoms. The van der Waals surface area contributed by atoms with Gasteiger partial charge in [0.2, 0.25) is 0 Å². The van der Waals surface area contributed by atoms with Gasteiger partial charge in [0.1, 0.15) is 11.6 Å². The van der Waals surface area contributed by atoms with E-state index in [1.165, 1.54) is 0 Å². The number of hydrogen-bond acceptors (Lipinski definition) is 4. The Morgan fingerprint density at radius 3 is 2.88 bits per heavy atom. The number of methoxy groups -OCH3 is 1. The van der Waals surface area contributed by atoms with Gasteiger partial charge in [-0.25, -0.2) is 4.98 Å². The number of hydrogen-bond donors (Lipinski definition) is 2. The van der Waals surface area contributed by atoms with Crippen LogP contribution in [0.3, 0.4) is 0 Å². The lowest BCUT2D eigenvalue weighted by molar-refractivity contribution is 0.415. The standard InChI is InChI=1S/C12H12BrN3O/c1-17-10-4-2-3-9(6-10)16-12-11(13)5-8(14)7-15-12/h2-7H,14H2,1H3,(H,15,16). The minimum absolute atomic E-state index is 0.619. The van der Waals surface area contributed by atoms with Gasteiger partial charge in [-0.1, -0.05) is 6.07 Å². The molecule has 0 spiro atoms. The Morgan fingerprint density at radius 2 is 2.18 bits per heavy atom. The van der Waals surface area contributed by atoms with E-state index in [9.17, 15) is 0 Å². The second-order valence-corrected chi connectivity index (χ2v) is 4.31. The maximum Gasteiger partial charge on any atom is 0.144 e. The number of rotatable bonds is 3. The number of nitrogen functional groups attached to an aromatic ring is 1. The normalized spacial score (nSPS) is 10.0. The molecule has 2 rings (SSSR count). The lowest BCUT2D eigenvalue weighted by Crippen LogP contribution is -1.96. The first-order valence-electron chi connectivity index (χ1n) is 5.01. The molecule has 0 aliphatic rings. The highest BCUT2D eigenvalue weighted by molar-refractivity contribution is 9.10. The summed E-state index contributed by atoms with van der Waals surface area (Å²) in [6.07, 6.45) is 1.60. The summed E-state index contributed by atoms with van der Waals surface area (Å²) in [4.78, 5) is 4.20.